The number of rotatable bonds is 22. The number of unbranched alkanes of at least 4 members (excludes halogenated alkanes) is 13. The third-order valence-electron chi connectivity index (χ3n) is 8.16. The predicted molar refractivity (Wildman–Crippen MR) is 192 cm³/mol. The summed E-state index contributed by atoms with van der Waals surface area (Å²) < 4.78 is 54.7. The van der Waals surface area contributed by atoms with Crippen molar-refractivity contribution in [2.45, 2.75) is 129 Å². The second-order valence-electron chi connectivity index (χ2n) is 13.4. The average molecular weight is 719 g/mol. The number of fused-ring (bicyclic) bond motifs is 1. The fourth-order valence-electron chi connectivity index (χ4n) is 5.47. The van der Waals surface area contributed by atoms with Crippen LogP contribution in [-0.4, -0.2) is 53.9 Å². The number of sulfone groups is 1. The van der Waals surface area contributed by atoms with Gasteiger partial charge in [0.05, 0.1) is 33.7 Å². The van der Waals surface area contributed by atoms with Crippen LogP contribution in [0.15, 0.2) is 18.2 Å². The van der Waals surface area contributed by atoms with Crippen LogP contribution in [0.5, 0.6) is 0 Å². The third kappa shape index (κ3) is 12.7. The Hall–Kier alpha value is -1.82. The van der Waals surface area contributed by atoms with E-state index in [0.717, 1.165) is 25.0 Å². The molecule has 0 fully saturated rings. The van der Waals surface area contributed by atoms with Crippen LogP contribution < -0.4 is 4.72 Å². The van der Waals surface area contributed by atoms with Gasteiger partial charge < -0.3 is 0 Å². The van der Waals surface area contributed by atoms with Crippen LogP contribution in [0.3, 0.4) is 0 Å². The first-order valence-corrected chi connectivity index (χ1v) is 21.1. The summed E-state index contributed by atoms with van der Waals surface area (Å²) in [6.07, 6.45) is 16.9. The highest BCUT2D eigenvalue weighted by atomic mass is 35.5. The number of nitrogens with one attached hydrogen (secondary N) is 2. The molecule has 0 saturated carbocycles. The zero-order chi connectivity index (χ0) is 33.8. The van der Waals surface area contributed by atoms with E-state index in [2.05, 4.69) is 26.8 Å². The van der Waals surface area contributed by atoms with Crippen LogP contribution in [0.2, 0.25) is 10.0 Å². The molecule has 46 heavy (non-hydrogen) atoms. The number of halogens is 2. The smallest absolute Gasteiger partial charge is 0.232 e. The van der Waals surface area contributed by atoms with Crippen LogP contribution in [-0.2, 0) is 25.3 Å². The molecule has 0 radical (unpaired) electrons. The number of sulfonamides is 1. The number of nitrogens with zero attached hydrogens (tertiary/aromatic N) is 3. The largest absolute Gasteiger partial charge is 0.282 e. The lowest BCUT2D eigenvalue weighted by molar-refractivity contribution is 0.537. The van der Waals surface area contributed by atoms with E-state index in [1.54, 1.807) is 18.2 Å². The second-order valence-corrected chi connectivity index (χ2v) is 18.4. The lowest BCUT2D eigenvalue weighted by atomic mass is 9.92. The molecule has 260 valence electrons. The monoisotopic (exact) mass is 717 g/mol. The van der Waals surface area contributed by atoms with Crippen molar-refractivity contribution in [3.05, 3.63) is 33.9 Å². The molecular weight excluding hydrogens is 665 g/mol. The van der Waals surface area contributed by atoms with Gasteiger partial charge in [0.2, 0.25) is 10.0 Å². The Balaban J connectivity index is 1.37. The SMILES string of the molecule is CCCCCCCCCCCCCCCCS(=O)(=O)CCCS(=O)(=O)Nc1cc(-c2nc3c(Cl)c(C(C)(C)C)[nH]n3n2)ccc1Cl. The minimum Gasteiger partial charge on any atom is -0.282 e. The normalized spacial score (nSPS) is 12.7. The molecule has 2 heterocycles. The molecule has 0 aliphatic heterocycles. The molecule has 0 aliphatic rings. The molecule has 1 aromatic carbocycles. The summed E-state index contributed by atoms with van der Waals surface area (Å²) in [4.78, 5) is 4.53. The van der Waals surface area contributed by atoms with Crippen LogP contribution in [0.25, 0.3) is 17.0 Å². The van der Waals surface area contributed by atoms with Crippen LogP contribution in [0.1, 0.15) is 130 Å². The lowest BCUT2D eigenvalue weighted by Crippen LogP contribution is -2.20. The molecule has 0 atom stereocenters. The lowest BCUT2D eigenvalue weighted by Gasteiger charge is -2.16. The number of benzene rings is 1. The zero-order valence-electron chi connectivity index (χ0n) is 28.0. The van der Waals surface area contributed by atoms with Crippen LogP contribution >= 0.6 is 23.2 Å². The van der Waals surface area contributed by atoms with Crippen molar-refractivity contribution < 1.29 is 16.8 Å². The molecule has 0 spiro atoms. The van der Waals surface area contributed by atoms with Gasteiger partial charge in [-0.05, 0) is 31.0 Å². The van der Waals surface area contributed by atoms with E-state index in [0.29, 0.717) is 28.5 Å². The van der Waals surface area contributed by atoms with E-state index >= 15 is 0 Å². The molecule has 2 N–H and O–H groups in total. The number of aromatic amines is 1. The van der Waals surface area contributed by atoms with Gasteiger partial charge in [-0.1, -0.05) is 134 Å². The Bertz CT molecular complexity index is 1600. The van der Waals surface area contributed by atoms with Gasteiger partial charge in [-0.3, -0.25) is 9.82 Å². The Labute approximate surface area is 286 Å². The number of aromatic nitrogens is 4. The summed E-state index contributed by atoms with van der Waals surface area (Å²) >= 11 is 12.8. The van der Waals surface area contributed by atoms with Crippen molar-refractivity contribution in [3.63, 3.8) is 0 Å². The first-order valence-electron chi connectivity index (χ1n) is 16.9. The van der Waals surface area contributed by atoms with Crippen molar-refractivity contribution in [1.29, 1.82) is 0 Å². The van der Waals surface area contributed by atoms with Gasteiger partial charge in [0.15, 0.2) is 11.5 Å². The van der Waals surface area contributed by atoms with Crippen LogP contribution in [0, 0.1) is 0 Å². The molecule has 0 aliphatic carbocycles. The third-order valence-corrected chi connectivity index (χ3v) is 12.0. The number of anilines is 1. The number of hydrogen-bond acceptors (Lipinski definition) is 6. The Morgan fingerprint density at radius 1 is 0.783 bits per heavy atom. The second kappa shape index (κ2) is 18.1. The predicted octanol–water partition coefficient (Wildman–Crippen LogP) is 9.36. The molecule has 9 nitrogen and oxygen atoms in total. The summed E-state index contributed by atoms with van der Waals surface area (Å²) in [5.41, 5.74) is 1.76. The van der Waals surface area contributed by atoms with E-state index < -0.39 is 19.9 Å². The Morgan fingerprint density at radius 3 is 1.87 bits per heavy atom. The summed E-state index contributed by atoms with van der Waals surface area (Å²) in [5.74, 6) is -0.0514. The van der Waals surface area contributed by atoms with E-state index in [-0.39, 0.29) is 39.8 Å². The number of H-pyrrole nitrogens is 1. The minimum atomic E-state index is -3.84. The standard InChI is InChI=1S/C33H53Cl2N5O4S2/c1-5-6-7-8-9-10-11-12-13-14-15-16-17-18-22-45(41,42)23-19-24-46(43,44)39-28-25-26(20-21-27(28)34)31-36-32-29(35)30(33(2,3)4)37-40(32)38-31/h20-21,25,37,39H,5-19,22-24H2,1-4H3. The minimum absolute atomic E-state index is 0.00944. The van der Waals surface area contributed by atoms with Gasteiger partial charge in [-0.2, -0.15) is 4.63 Å². The average Bonchev–Trinajstić information content (AvgIpc) is 3.53. The summed E-state index contributed by atoms with van der Waals surface area (Å²) in [6.45, 7) is 8.33. The van der Waals surface area contributed by atoms with E-state index in [1.807, 2.05) is 20.8 Å². The first kappa shape index (κ1) is 38.6. The fraction of sp³-hybridized carbons (Fsp3) is 0.697. The highest BCUT2D eigenvalue weighted by molar-refractivity contribution is 7.93. The van der Waals surface area contributed by atoms with Gasteiger partial charge in [0.1, 0.15) is 14.9 Å². The van der Waals surface area contributed by atoms with E-state index in [4.69, 9.17) is 23.2 Å². The van der Waals surface area contributed by atoms with Gasteiger partial charge in [0.25, 0.3) is 0 Å². The van der Waals surface area contributed by atoms with Crippen molar-refractivity contribution in [1.82, 2.24) is 19.8 Å². The first-order chi connectivity index (χ1) is 21.7. The molecular formula is C33H53Cl2N5O4S2. The van der Waals surface area contributed by atoms with Crippen LogP contribution in [0.4, 0.5) is 5.69 Å². The molecule has 3 aromatic rings. The molecule has 0 amide bonds. The van der Waals surface area contributed by atoms with E-state index in [9.17, 15) is 16.8 Å². The summed E-state index contributed by atoms with van der Waals surface area (Å²) in [6, 6.07) is 4.81. The summed E-state index contributed by atoms with van der Waals surface area (Å²) in [5, 5.41) is 8.30. The maximum atomic E-state index is 12.8. The number of hydrogen-bond donors (Lipinski definition) is 2. The van der Waals surface area contributed by atoms with Crippen molar-refractivity contribution >= 4 is 54.4 Å². The van der Waals surface area contributed by atoms with Crippen molar-refractivity contribution in [3.8, 4) is 11.4 Å². The highest BCUT2D eigenvalue weighted by Gasteiger charge is 2.25. The highest BCUT2D eigenvalue weighted by Crippen LogP contribution is 2.33. The molecule has 2 aromatic heterocycles. The Morgan fingerprint density at radius 2 is 1.33 bits per heavy atom. The van der Waals surface area contributed by atoms with Crippen molar-refractivity contribution in [2.24, 2.45) is 0 Å². The van der Waals surface area contributed by atoms with Gasteiger partial charge in [-0.15, -0.1) is 5.10 Å². The van der Waals surface area contributed by atoms with Gasteiger partial charge in [-0.25, -0.2) is 21.8 Å². The fourth-order valence-corrected chi connectivity index (χ4v) is 8.88. The topological polar surface area (TPSA) is 126 Å². The molecule has 3 rings (SSSR count). The molecule has 0 saturated heterocycles. The maximum Gasteiger partial charge on any atom is 0.232 e. The van der Waals surface area contributed by atoms with Gasteiger partial charge in [0, 0.05) is 11.0 Å². The van der Waals surface area contributed by atoms with E-state index in [1.165, 1.54) is 68.8 Å². The zero-order valence-corrected chi connectivity index (χ0v) is 31.2. The van der Waals surface area contributed by atoms with Gasteiger partial charge >= 0.3 is 0 Å². The maximum absolute atomic E-state index is 12.8. The molecule has 0 bridgehead atoms. The van der Waals surface area contributed by atoms with Crippen molar-refractivity contribution in [2.75, 3.05) is 22.0 Å². The quantitative estimate of drug-likeness (QED) is 0.0998. The summed E-state index contributed by atoms with van der Waals surface area (Å²) in [7, 11) is -7.16. The molecule has 0 unspecified atom stereocenters. The Kier molecular flexibility index (Phi) is 15.2. The molecule has 13 heteroatoms.